The van der Waals surface area contributed by atoms with Crippen molar-refractivity contribution in [1.82, 2.24) is 4.98 Å². The van der Waals surface area contributed by atoms with Crippen LogP contribution >= 0.6 is 11.3 Å². The Labute approximate surface area is 134 Å². The monoisotopic (exact) mass is 319 g/mol. The Hall–Kier alpha value is -1.76. The Morgan fingerprint density at radius 2 is 2.27 bits per heavy atom. The van der Waals surface area contributed by atoms with Gasteiger partial charge in [-0.05, 0) is 38.1 Å². The third-order valence-corrected chi connectivity index (χ3v) is 3.82. The van der Waals surface area contributed by atoms with E-state index in [0.29, 0.717) is 25.3 Å². The van der Waals surface area contributed by atoms with E-state index in [1.165, 1.54) is 11.3 Å². The van der Waals surface area contributed by atoms with E-state index in [2.05, 4.69) is 10.3 Å². The fraction of sp³-hybridized carbons (Fsp3) is 0.375. The highest BCUT2D eigenvalue weighted by atomic mass is 32.1. The number of carbonyl (C=O) groups excluding carboxylic acids is 1. The van der Waals surface area contributed by atoms with Gasteiger partial charge in [0.2, 0.25) is 0 Å². The lowest BCUT2D eigenvalue weighted by molar-refractivity contribution is 0.0657. The zero-order valence-corrected chi connectivity index (χ0v) is 13.7. The largest absolute Gasteiger partial charge is 0.374 e. The number of ether oxygens (including phenoxy) is 1. The number of carbonyl (C=O) groups is 1. The molecule has 1 aromatic heterocycles. The van der Waals surface area contributed by atoms with Gasteiger partial charge in [-0.2, -0.15) is 0 Å². The molecule has 2 aromatic rings. The molecule has 118 valence electrons. The van der Waals surface area contributed by atoms with E-state index >= 15 is 0 Å². The lowest BCUT2D eigenvalue weighted by Gasteiger charge is -2.09. The highest BCUT2D eigenvalue weighted by molar-refractivity contribution is 7.09. The van der Waals surface area contributed by atoms with Gasteiger partial charge in [0.1, 0.15) is 5.69 Å². The first kappa shape index (κ1) is 16.6. The van der Waals surface area contributed by atoms with Crippen molar-refractivity contribution >= 4 is 22.9 Å². The van der Waals surface area contributed by atoms with Crippen molar-refractivity contribution in [2.24, 2.45) is 5.73 Å². The first-order valence-corrected chi connectivity index (χ1v) is 8.13. The fourth-order valence-electron chi connectivity index (χ4n) is 1.85. The lowest BCUT2D eigenvalue weighted by atomic mass is 10.2. The molecule has 0 bridgehead atoms. The summed E-state index contributed by atoms with van der Waals surface area (Å²) in [4.78, 5) is 16.5. The molecule has 0 atom stereocenters. The van der Waals surface area contributed by atoms with Crippen LogP contribution in [0.3, 0.4) is 0 Å². The van der Waals surface area contributed by atoms with Crippen molar-refractivity contribution in [3.63, 3.8) is 0 Å². The number of hydrogen-bond acceptors (Lipinski definition) is 5. The summed E-state index contributed by atoms with van der Waals surface area (Å²) in [7, 11) is 0. The van der Waals surface area contributed by atoms with E-state index in [0.717, 1.165) is 16.3 Å². The van der Waals surface area contributed by atoms with Crippen LogP contribution in [0.5, 0.6) is 0 Å². The molecule has 6 heteroatoms. The fourth-order valence-corrected chi connectivity index (χ4v) is 2.64. The van der Waals surface area contributed by atoms with E-state index < -0.39 is 0 Å². The van der Waals surface area contributed by atoms with Crippen molar-refractivity contribution in [3.05, 3.63) is 45.9 Å². The standard InChI is InChI=1S/C16H21N3O2S/c1-11(2)21-9-12-4-3-5-13(8-12)18-16(20)14-10-22-15(19-14)6-7-17/h3-5,8,10-11H,6-7,9,17H2,1-2H3,(H,18,20). The van der Waals surface area contributed by atoms with Gasteiger partial charge in [0.25, 0.3) is 5.91 Å². The van der Waals surface area contributed by atoms with Gasteiger partial charge in [-0.3, -0.25) is 4.79 Å². The maximum Gasteiger partial charge on any atom is 0.275 e. The molecule has 5 nitrogen and oxygen atoms in total. The van der Waals surface area contributed by atoms with Crippen LogP contribution in [0.25, 0.3) is 0 Å². The topological polar surface area (TPSA) is 77.2 Å². The van der Waals surface area contributed by atoms with Crippen LogP contribution in [0.2, 0.25) is 0 Å². The van der Waals surface area contributed by atoms with Gasteiger partial charge >= 0.3 is 0 Å². The van der Waals surface area contributed by atoms with Crippen LogP contribution in [0.15, 0.2) is 29.6 Å². The third-order valence-electron chi connectivity index (χ3n) is 2.91. The number of amides is 1. The average molecular weight is 319 g/mol. The first-order valence-electron chi connectivity index (χ1n) is 7.25. The number of anilines is 1. The SMILES string of the molecule is CC(C)OCc1cccc(NC(=O)c2csc(CCN)n2)c1. The molecule has 3 N–H and O–H groups in total. The van der Waals surface area contributed by atoms with Crippen LogP contribution in [0.4, 0.5) is 5.69 Å². The van der Waals surface area contributed by atoms with Crippen molar-refractivity contribution in [3.8, 4) is 0 Å². The second-order valence-electron chi connectivity index (χ2n) is 5.18. The van der Waals surface area contributed by atoms with Gasteiger partial charge in [0.15, 0.2) is 0 Å². The molecule has 0 saturated carbocycles. The number of hydrogen-bond donors (Lipinski definition) is 2. The van der Waals surface area contributed by atoms with E-state index in [1.807, 2.05) is 38.1 Å². The summed E-state index contributed by atoms with van der Waals surface area (Å²) in [5, 5.41) is 5.50. The molecular formula is C16H21N3O2S. The highest BCUT2D eigenvalue weighted by Gasteiger charge is 2.11. The summed E-state index contributed by atoms with van der Waals surface area (Å²) >= 11 is 1.46. The van der Waals surface area contributed by atoms with Gasteiger partial charge in [0.05, 0.1) is 17.7 Å². The first-order chi connectivity index (χ1) is 10.6. The predicted octanol–water partition coefficient (Wildman–Crippen LogP) is 2.82. The molecule has 0 aliphatic heterocycles. The third kappa shape index (κ3) is 4.91. The lowest BCUT2D eigenvalue weighted by Crippen LogP contribution is -2.13. The van der Waals surface area contributed by atoms with Crippen molar-refractivity contribution in [2.45, 2.75) is 33.0 Å². The molecule has 0 saturated heterocycles. The number of nitrogens with zero attached hydrogens (tertiary/aromatic N) is 1. The number of benzene rings is 1. The number of rotatable bonds is 7. The molecule has 22 heavy (non-hydrogen) atoms. The molecule has 0 aliphatic carbocycles. The smallest absolute Gasteiger partial charge is 0.275 e. The van der Waals surface area contributed by atoms with Crippen LogP contribution in [-0.2, 0) is 17.8 Å². The van der Waals surface area contributed by atoms with Gasteiger partial charge in [-0.25, -0.2) is 4.98 Å². The average Bonchev–Trinajstić information content (AvgIpc) is 2.95. The van der Waals surface area contributed by atoms with E-state index in [9.17, 15) is 4.79 Å². The molecule has 0 aliphatic rings. The van der Waals surface area contributed by atoms with Gasteiger partial charge < -0.3 is 15.8 Å². The van der Waals surface area contributed by atoms with Gasteiger partial charge in [0, 0.05) is 17.5 Å². The zero-order valence-electron chi connectivity index (χ0n) is 12.8. The Morgan fingerprint density at radius 1 is 1.45 bits per heavy atom. The second-order valence-corrected chi connectivity index (χ2v) is 6.12. The Balaban J connectivity index is 1.99. The van der Waals surface area contributed by atoms with Crippen molar-refractivity contribution < 1.29 is 9.53 Å². The molecule has 2 rings (SSSR count). The molecular weight excluding hydrogens is 298 g/mol. The maximum atomic E-state index is 12.2. The van der Waals surface area contributed by atoms with E-state index in [1.54, 1.807) is 5.38 Å². The normalized spacial score (nSPS) is 10.9. The van der Waals surface area contributed by atoms with Crippen molar-refractivity contribution in [1.29, 1.82) is 0 Å². The minimum atomic E-state index is -0.207. The van der Waals surface area contributed by atoms with Crippen LogP contribution in [0.1, 0.15) is 34.9 Å². The molecule has 1 amide bonds. The molecule has 0 spiro atoms. The molecule has 1 heterocycles. The van der Waals surface area contributed by atoms with Gasteiger partial charge in [-0.1, -0.05) is 12.1 Å². The van der Waals surface area contributed by atoms with Crippen molar-refractivity contribution in [2.75, 3.05) is 11.9 Å². The Morgan fingerprint density at radius 3 is 3.00 bits per heavy atom. The minimum absolute atomic E-state index is 0.175. The van der Waals surface area contributed by atoms with Gasteiger partial charge in [-0.15, -0.1) is 11.3 Å². The van der Waals surface area contributed by atoms with Crippen LogP contribution in [-0.4, -0.2) is 23.5 Å². The van der Waals surface area contributed by atoms with E-state index in [-0.39, 0.29) is 12.0 Å². The predicted molar refractivity (Wildman–Crippen MR) is 89.2 cm³/mol. The number of aromatic nitrogens is 1. The summed E-state index contributed by atoms with van der Waals surface area (Å²) in [6.07, 6.45) is 0.870. The second kappa shape index (κ2) is 8.03. The summed E-state index contributed by atoms with van der Waals surface area (Å²) in [5.41, 5.74) is 7.68. The maximum absolute atomic E-state index is 12.2. The Kier molecular flexibility index (Phi) is 6.06. The molecule has 0 fully saturated rings. The van der Waals surface area contributed by atoms with Crippen LogP contribution in [0, 0.1) is 0 Å². The molecule has 0 radical (unpaired) electrons. The molecule has 0 unspecified atom stereocenters. The summed E-state index contributed by atoms with van der Waals surface area (Å²) < 4.78 is 5.57. The van der Waals surface area contributed by atoms with Crippen LogP contribution < -0.4 is 11.1 Å². The number of nitrogens with one attached hydrogen (secondary N) is 1. The Bertz CT molecular complexity index is 625. The number of thiazole rings is 1. The minimum Gasteiger partial charge on any atom is -0.374 e. The van der Waals surface area contributed by atoms with E-state index in [4.69, 9.17) is 10.5 Å². The summed E-state index contributed by atoms with van der Waals surface area (Å²) in [6, 6.07) is 7.63. The summed E-state index contributed by atoms with van der Waals surface area (Å²) in [5.74, 6) is -0.207. The highest BCUT2D eigenvalue weighted by Crippen LogP contribution is 2.15. The summed E-state index contributed by atoms with van der Waals surface area (Å²) in [6.45, 7) is 5.05. The number of nitrogens with two attached hydrogens (primary N) is 1. The quantitative estimate of drug-likeness (QED) is 0.822. The molecule has 1 aromatic carbocycles. The zero-order chi connectivity index (χ0) is 15.9.